The molecule has 2 aromatic heterocycles. The molecule has 0 radical (unpaired) electrons. The summed E-state index contributed by atoms with van der Waals surface area (Å²) in [5.41, 5.74) is 1.96. The van der Waals surface area contributed by atoms with Gasteiger partial charge in [0, 0.05) is 18.4 Å². The summed E-state index contributed by atoms with van der Waals surface area (Å²) in [7, 11) is 0. The molecule has 4 nitrogen and oxygen atoms in total. The van der Waals surface area contributed by atoms with Crippen LogP contribution in [0.3, 0.4) is 0 Å². The summed E-state index contributed by atoms with van der Waals surface area (Å²) in [5, 5.41) is 4.34. The van der Waals surface area contributed by atoms with Gasteiger partial charge in [0.1, 0.15) is 5.52 Å². The summed E-state index contributed by atoms with van der Waals surface area (Å²) in [6.07, 6.45) is 1.03. The molecule has 1 fully saturated rings. The summed E-state index contributed by atoms with van der Waals surface area (Å²) < 4.78 is 46.3. The molecule has 7 heteroatoms. The molecule has 1 saturated heterocycles. The number of hydrogen-bond donors (Lipinski definition) is 0. The zero-order valence-electron chi connectivity index (χ0n) is 13.3. The van der Waals surface area contributed by atoms with Gasteiger partial charge in [-0.15, -0.1) is 0 Å². The van der Waals surface area contributed by atoms with Crippen molar-refractivity contribution in [1.29, 1.82) is 0 Å². The minimum atomic E-state index is -4.37. The number of fused-ring (bicyclic) bond motifs is 1. The second-order valence-corrected chi connectivity index (χ2v) is 6.17. The van der Waals surface area contributed by atoms with Gasteiger partial charge in [-0.3, -0.25) is 9.67 Å². The molecule has 0 saturated carbocycles. The van der Waals surface area contributed by atoms with E-state index in [2.05, 4.69) is 10.1 Å². The van der Waals surface area contributed by atoms with Crippen molar-refractivity contribution in [3.8, 4) is 11.1 Å². The summed E-state index contributed by atoms with van der Waals surface area (Å²) in [5.74, 6) is 0. The van der Waals surface area contributed by atoms with E-state index in [0.717, 1.165) is 37.1 Å². The molecule has 0 spiro atoms. The third-order valence-electron chi connectivity index (χ3n) is 4.42. The highest BCUT2D eigenvalue weighted by Gasteiger charge is 2.30. The SMILES string of the molecule is FC(F)(F)c1cccc(-c2cnc3cnn(C[C@H]4CCCO4)c3c2)c1. The van der Waals surface area contributed by atoms with Gasteiger partial charge < -0.3 is 4.74 Å². The third-order valence-corrected chi connectivity index (χ3v) is 4.42. The predicted molar refractivity (Wildman–Crippen MR) is 86.9 cm³/mol. The van der Waals surface area contributed by atoms with Gasteiger partial charge in [0.05, 0.1) is 29.9 Å². The van der Waals surface area contributed by atoms with Crippen LogP contribution in [0.4, 0.5) is 13.2 Å². The normalized spacial score (nSPS) is 18.1. The number of pyridine rings is 1. The third kappa shape index (κ3) is 3.24. The Labute approximate surface area is 142 Å². The number of alkyl halides is 3. The van der Waals surface area contributed by atoms with Crippen LogP contribution in [-0.4, -0.2) is 27.5 Å². The maximum atomic E-state index is 12.9. The first-order chi connectivity index (χ1) is 12.0. The Bertz CT molecular complexity index is 898. The number of hydrogen-bond acceptors (Lipinski definition) is 3. The summed E-state index contributed by atoms with van der Waals surface area (Å²) in [6.45, 7) is 1.38. The van der Waals surface area contributed by atoms with E-state index in [4.69, 9.17) is 4.74 Å². The van der Waals surface area contributed by atoms with Crippen LogP contribution in [0.5, 0.6) is 0 Å². The fourth-order valence-corrected chi connectivity index (χ4v) is 3.12. The highest BCUT2D eigenvalue weighted by Crippen LogP contribution is 2.32. The number of rotatable bonds is 3. The van der Waals surface area contributed by atoms with E-state index in [-0.39, 0.29) is 6.10 Å². The second kappa shape index (κ2) is 6.15. The zero-order valence-corrected chi connectivity index (χ0v) is 13.3. The smallest absolute Gasteiger partial charge is 0.376 e. The minimum absolute atomic E-state index is 0.125. The monoisotopic (exact) mass is 347 g/mol. The molecule has 130 valence electrons. The first-order valence-corrected chi connectivity index (χ1v) is 8.11. The number of halogens is 3. The summed E-state index contributed by atoms with van der Waals surface area (Å²) in [6, 6.07) is 7.10. The Morgan fingerprint density at radius 2 is 2.04 bits per heavy atom. The van der Waals surface area contributed by atoms with Crippen molar-refractivity contribution >= 4 is 11.0 Å². The average Bonchev–Trinajstić information content (AvgIpc) is 3.24. The Balaban J connectivity index is 1.71. The number of aromatic nitrogens is 3. The molecule has 1 atom stereocenters. The lowest BCUT2D eigenvalue weighted by molar-refractivity contribution is -0.137. The van der Waals surface area contributed by atoms with Crippen LogP contribution in [0, 0.1) is 0 Å². The Kier molecular flexibility index (Phi) is 3.95. The second-order valence-electron chi connectivity index (χ2n) is 6.17. The van der Waals surface area contributed by atoms with E-state index in [9.17, 15) is 13.2 Å². The Morgan fingerprint density at radius 3 is 2.80 bits per heavy atom. The van der Waals surface area contributed by atoms with Crippen molar-refractivity contribution in [3.63, 3.8) is 0 Å². The van der Waals surface area contributed by atoms with Gasteiger partial charge in [-0.05, 0) is 36.6 Å². The molecule has 1 aliphatic rings. The van der Waals surface area contributed by atoms with Gasteiger partial charge in [0.2, 0.25) is 0 Å². The van der Waals surface area contributed by atoms with E-state index in [1.54, 1.807) is 18.5 Å². The lowest BCUT2D eigenvalue weighted by Crippen LogP contribution is -2.15. The lowest BCUT2D eigenvalue weighted by atomic mass is 10.0. The quantitative estimate of drug-likeness (QED) is 0.709. The van der Waals surface area contributed by atoms with Gasteiger partial charge in [-0.25, -0.2) is 0 Å². The molecule has 3 aromatic rings. The standard InChI is InChI=1S/C18H16F3N3O/c19-18(20,21)14-4-1-3-12(7-14)13-8-17-16(22-9-13)10-23-24(17)11-15-5-2-6-25-15/h1,3-4,7-10,15H,2,5-6,11H2/t15-/m1/s1. The molecule has 0 unspecified atom stereocenters. The van der Waals surface area contributed by atoms with E-state index in [1.165, 1.54) is 6.07 Å². The van der Waals surface area contributed by atoms with Crippen molar-refractivity contribution in [3.05, 3.63) is 48.3 Å². The van der Waals surface area contributed by atoms with Crippen molar-refractivity contribution in [2.24, 2.45) is 0 Å². The van der Waals surface area contributed by atoms with Gasteiger partial charge in [0.25, 0.3) is 0 Å². The van der Waals surface area contributed by atoms with Crippen molar-refractivity contribution in [1.82, 2.24) is 14.8 Å². The van der Waals surface area contributed by atoms with Crippen molar-refractivity contribution < 1.29 is 17.9 Å². The number of nitrogens with zero attached hydrogens (tertiary/aromatic N) is 3. The van der Waals surface area contributed by atoms with Gasteiger partial charge in [0.15, 0.2) is 0 Å². The fourth-order valence-electron chi connectivity index (χ4n) is 3.12. The molecule has 0 amide bonds. The minimum Gasteiger partial charge on any atom is -0.376 e. The molecule has 3 heterocycles. The van der Waals surface area contributed by atoms with Crippen LogP contribution in [0.25, 0.3) is 22.2 Å². The van der Waals surface area contributed by atoms with Gasteiger partial charge >= 0.3 is 6.18 Å². The summed E-state index contributed by atoms with van der Waals surface area (Å²) >= 11 is 0. The molecular weight excluding hydrogens is 331 g/mol. The topological polar surface area (TPSA) is 39.9 Å². The Morgan fingerprint density at radius 1 is 1.16 bits per heavy atom. The first kappa shape index (κ1) is 16.1. The first-order valence-electron chi connectivity index (χ1n) is 8.11. The van der Waals surface area contributed by atoms with Crippen LogP contribution in [0.2, 0.25) is 0 Å². The van der Waals surface area contributed by atoms with Crippen LogP contribution in [0.15, 0.2) is 42.7 Å². The summed E-state index contributed by atoms with van der Waals surface area (Å²) in [4.78, 5) is 4.34. The maximum absolute atomic E-state index is 12.9. The fraction of sp³-hybridized carbons (Fsp3) is 0.333. The maximum Gasteiger partial charge on any atom is 0.416 e. The van der Waals surface area contributed by atoms with E-state index >= 15 is 0 Å². The molecule has 1 aliphatic heterocycles. The van der Waals surface area contributed by atoms with Crippen molar-refractivity contribution in [2.75, 3.05) is 6.61 Å². The number of benzene rings is 1. The molecule has 0 aliphatic carbocycles. The van der Waals surface area contributed by atoms with Crippen molar-refractivity contribution in [2.45, 2.75) is 31.7 Å². The molecular formula is C18H16F3N3O. The van der Waals surface area contributed by atoms with Gasteiger partial charge in [-0.1, -0.05) is 12.1 Å². The molecule has 4 rings (SSSR count). The average molecular weight is 347 g/mol. The predicted octanol–water partition coefficient (Wildman–Crippen LogP) is 4.30. The van der Waals surface area contributed by atoms with E-state index < -0.39 is 11.7 Å². The molecule has 25 heavy (non-hydrogen) atoms. The lowest BCUT2D eigenvalue weighted by Gasteiger charge is -2.11. The van der Waals surface area contributed by atoms with Crippen LogP contribution in [-0.2, 0) is 17.5 Å². The van der Waals surface area contributed by atoms with E-state index in [0.29, 0.717) is 23.2 Å². The van der Waals surface area contributed by atoms with Crippen LogP contribution < -0.4 is 0 Å². The van der Waals surface area contributed by atoms with E-state index in [1.807, 2.05) is 10.7 Å². The van der Waals surface area contributed by atoms with Crippen LogP contribution >= 0.6 is 0 Å². The largest absolute Gasteiger partial charge is 0.416 e. The highest BCUT2D eigenvalue weighted by molar-refractivity contribution is 5.80. The van der Waals surface area contributed by atoms with Crippen LogP contribution in [0.1, 0.15) is 18.4 Å². The molecule has 1 aromatic carbocycles. The zero-order chi connectivity index (χ0) is 17.4. The molecule has 0 N–H and O–H groups in total. The number of ether oxygens (including phenoxy) is 1. The molecule has 0 bridgehead atoms. The van der Waals surface area contributed by atoms with Gasteiger partial charge in [-0.2, -0.15) is 18.3 Å². The Hall–Kier alpha value is -2.41. The highest BCUT2D eigenvalue weighted by atomic mass is 19.4.